The van der Waals surface area contributed by atoms with Gasteiger partial charge in [-0.1, -0.05) is 0 Å². The second-order valence-corrected chi connectivity index (χ2v) is 5.09. The Bertz CT molecular complexity index is 542. The van der Waals surface area contributed by atoms with Crippen LogP contribution in [0.2, 0.25) is 0 Å². The number of nitrogens with zero attached hydrogens (tertiary/aromatic N) is 2. The zero-order valence-corrected chi connectivity index (χ0v) is 11.2. The molecule has 2 N–H and O–H groups in total. The van der Waals surface area contributed by atoms with Crippen molar-refractivity contribution < 1.29 is 9.53 Å². The lowest BCUT2D eigenvalue weighted by atomic mass is 9.86. The van der Waals surface area contributed by atoms with Crippen molar-refractivity contribution >= 4 is 11.9 Å². The lowest BCUT2D eigenvalue weighted by Crippen LogP contribution is -2.42. The molecule has 0 atom stereocenters. The number of rotatable bonds is 4. The topological polar surface area (TPSA) is 71.9 Å². The van der Waals surface area contributed by atoms with E-state index in [1.807, 2.05) is 24.5 Å². The second-order valence-electron chi connectivity index (χ2n) is 5.09. The number of anilines is 1. The fraction of sp³-hybridized carbons (Fsp3) is 0.429. The summed E-state index contributed by atoms with van der Waals surface area (Å²) in [5, 5.41) is 2.80. The summed E-state index contributed by atoms with van der Waals surface area (Å²) in [6.07, 6.45) is 9.45. The van der Waals surface area contributed by atoms with E-state index in [1.165, 1.54) is 0 Å². The van der Waals surface area contributed by atoms with Crippen LogP contribution in [0.15, 0.2) is 36.9 Å². The number of hydrogen-bond donors (Lipinski definition) is 2. The van der Waals surface area contributed by atoms with Gasteiger partial charge in [0.25, 0.3) is 0 Å². The molecule has 1 amide bonds. The van der Waals surface area contributed by atoms with E-state index < -0.39 is 0 Å². The van der Waals surface area contributed by atoms with Gasteiger partial charge in [-0.3, -0.25) is 10.1 Å². The van der Waals surface area contributed by atoms with Crippen LogP contribution in [0, 0.1) is 0 Å². The summed E-state index contributed by atoms with van der Waals surface area (Å²) in [7, 11) is 0. The largest absolute Gasteiger partial charge is 0.381 e. The Hall–Kier alpha value is -2.08. The molecule has 0 bridgehead atoms. The summed E-state index contributed by atoms with van der Waals surface area (Å²) >= 11 is 0. The van der Waals surface area contributed by atoms with E-state index in [2.05, 4.69) is 19.9 Å². The molecule has 1 fully saturated rings. The highest BCUT2D eigenvalue weighted by Crippen LogP contribution is 2.33. The predicted octanol–water partition coefficient (Wildman–Crippen LogP) is 1.75. The average Bonchev–Trinajstić information content (AvgIpc) is 3.12. The highest BCUT2D eigenvalue weighted by Gasteiger charge is 2.36. The molecule has 1 saturated heterocycles. The Kier molecular flexibility index (Phi) is 3.56. The molecular weight excluding hydrogens is 256 g/mol. The minimum atomic E-state index is -0.196. The number of H-pyrrole nitrogens is 1. The van der Waals surface area contributed by atoms with Gasteiger partial charge in [0.15, 0.2) is 0 Å². The molecule has 0 aliphatic carbocycles. The first-order chi connectivity index (χ1) is 9.78. The number of imidazole rings is 1. The van der Waals surface area contributed by atoms with Crippen molar-refractivity contribution in [2.24, 2.45) is 0 Å². The molecule has 1 aliphatic rings. The molecule has 6 nitrogen and oxygen atoms in total. The monoisotopic (exact) mass is 274 g/mol. The van der Waals surface area contributed by atoms with Crippen LogP contribution in [-0.4, -0.2) is 33.7 Å². The molecule has 20 heavy (non-hydrogen) atoms. The van der Waals surface area contributed by atoms with Gasteiger partial charge in [0.05, 0.1) is 12.0 Å². The van der Waals surface area contributed by atoms with E-state index in [0.29, 0.717) is 25.6 Å². The van der Waals surface area contributed by atoms with Crippen molar-refractivity contribution in [2.45, 2.75) is 24.8 Å². The van der Waals surface area contributed by atoms with E-state index in [9.17, 15) is 4.79 Å². The van der Waals surface area contributed by atoms with Gasteiger partial charge in [-0.25, -0.2) is 4.98 Å². The summed E-state index contributed by atoms with van der Waals surface area (Å²) in [6.45, 7) is 1.37. The lowest BCUT2D eigenvalue weighted by Gasteiger charge is -2.38. The molecule has 0 aromatic carbocycles. The number of ether oxygens (including phenoxy) is 1. The first kappa shape index (κ1) is 12.9. The summed E-state index contributed by atoms with van der Waals surface area (Å²) in [6, 6.07) is 3.98. The smallest absolute Gasteiger partial charge is 0.229 e. The molecule has 2 aromatic rings. The summed E-state index contributed by atoms with van der Waals surface area (Å²) < 4.78 is 7.58. The van der Waals surface area contributed by atoms with E-state index in [0.717, 1.165) is 12.8 Å². The number of hydrogen-bond acceptors (Lipinski definition) is 3. The molecule has 0 radical (unpaired) electrons. The van der Waals surface area contributed by atoms with Crippen LogP contribution in [0.25, 0.3) is 0 Å². The summed E-state index contributed by atoms with van der Waals surface area (Å²) in [5.74, 6) is 0.459. The van der Waals surface area contributed by atoms with Gasteiger partial charge in [-0.15, -0.1) is 0 Å². The van der Waals surface area contributed by atoms with Crippen molar-refractivity contribution in [3.63, 3.8) is 0 Å². The molecule has 3 heterocycles. The second kappa shape index (κ2) is 5.50. The number of aromatic nitrogens is 3. The van der Waals surface area contributed by atoms with Crippen LogP contribution in [0.5, 0.6) is 0 Å². The Morgan fingerprint density at radius 2 is 2.15 bits per heavy atom. The average molecular weight is 274 g/mol. The van der Waals surface area contributed by atoms with Crippen LogP contribution in [0.1, 0.15) is 19.3 Å². The van der Waals surface area contributed by atoms with Gasteiger partial charge in [0.2, 0.25) is 11.9 Å². The molecular formula is C14H18N4O2. The quantitative estimate of drug-likeness (QED) is 0.892. The highest BCUT2D eigenvalue weighted by molar-refractivity contribution is 5.89. The van der Waals surface area contributed by atoms with Gasteiger partial charge >= 0.3 is 0 Å². The lowest BCUT2D eigenvalue weighted by molar-refractivity contribution is -0.119. The van der Waals surface area contributed by atoms with Gasteiger partial charge in [-0.05, 0) is 25.0 Å². The molecule has 0 spiro atoms. The predicted molar refractivity (Wildman–Crippen MR) is 74.3 cm³/mol. The van der Waals surface area contributed by atoms with Crippen molar-refractivity contribution in [1.82, 2.24) is 14.5 Å². The fourth-order valence-electron chi connectivity index (χ4n) is 2.74. The van der Waals surface area contributed by atoms with E-state index >= 15 is 0 Å². The van der Waals surface area contributed by atoms with Gasteiger partial charge in [0.1, 0.15) is 0 Å². The molecule has 1 aliphatic heterocycles. The Morgan fingerprint density at radius 1 is 1.40 bits per heavy atom. The number of amides is 1. The fourth-order valence-corrected chi connectivity index (χ4v) is 2.74. The summed E-state index contributed by atoms with van der Waals surface area (Å²) in [4.78, 5) is 19.1. The van der Waals surface area contributed by atoms with Gasteiger partial charge < -0.3 is 14.3 Å². The van der Waals surface area contributed by atoms with Crippen molar-refractivity contribution in [3.8, 4) is 0 Å². The number of carbonyl (C=O) groups is 1. The third-order valence-electron chi connectivity index (χ3n) is 3.82. The number of carbonyl (C=O) groups excluding carboxylic acids is 1. The Morgan fingerprint density at radius 3 is 2.80 bits per heavy atom. The first-order valence-electron chi connectivity index (χ1n) is 6.79. The minimum Gasteiger partial charge on any atom is -0.381 e. The zero-order chi connectivity index (χ0) is 13.8. The van der Waals surface area contributed by atoms with Crippen molar-refractivity contribution in [1.29, 1.82) is 0 Å². The van der Waals surface area contributed by atoms with Crippen LogP contribution in [-0.2, 0) is 15.1 Å². The Labute approximate surface area is 117 Å². The number of nitrogens with one attached hydrogen (secondary N) is 2. The highest BCUT2D eigenvalue weighted by atomic mass is 16.5. The van der Waals surface area contributed by atoms with E-state index in [-0.39, 0.29) is 11.4 Å². The number of aromatic amines is 1. The maximum atomic E-state index is 12.3. The Balaban J connectivity index is 1.75. The standard InChI is InChI=1S/C14H18N4O2/c19-12(17-13-15-5-6-16-13)11-14(3-9-20-10-4-14)18-7-1-2-8-18/h1-2,5-8H,3-4,9-11H2,(H2,15,16,17,19). The molecule has 2 aromatic heterocycles. The molecule has 6 heteroatoms. The zero-order valence-electron chi connectivity index (χ0n) is 11.2. The molecule has 0 saturated carbocycles. The van der Waals surface area contributed by atoms with Crippen molar-refractivity contribution in [3.05, 3.63) is 36.9 Å². The molecule has 106 valence electrons. The van der Waals surface area contributed by atoms with Gasteiger partial charge in [0, 0.05) is 38.0 Å². The SMILES string of the molecule is O=C(CC1(n2cccc2)CCOCC1)Nc1ncc[nH]1. The van der Waals surface area contributed by atoms with E-state index in [1.54, 1.807) is 12.4 Å². The normalized spacial score (nSPS) is 17.8. The van der Waals surface area contributed by atoms with Crippen LogP contribution in [0.4, 0.5) is 5.95 Å². The first-order valence-corrected chi connectivity index (χ1v) is 6.79. The van der Waals surface area contributed by atoms with Gasteiger partial charge in [-0.2, -0.15) is 0 Å². The minimum absolute atomic E-state index is 0.0319. The third-order valence-corrected chi connectivity index (χ3v) is 3.82. The maximum absolute atomic E-state index is 12.3. The third kappa shape index (κ3) is 2.60. The van der Waals surface area contributed by atoms with E-state index in [4.69, 9.17) is 4.74 Å². The molecule has 3 rings (SSSR count). The van der Waals surface area contributed by atoms with Crippen LogP contribution >= 0.6 is 0 Å². The maximum Gasteiger partial charge on any atom is 0.229 e. The molecule has 0 unspecified atom stereocenters. The van der Waals surface area contributed by atoms with Crippen LogP contribution < -0.4 is 5.32 Å². The van der Waals surface area contributed by atoms with Crippen LogP contribution in [0.3, 0.4) is 0 Å². The summed E-state index contributed by atoms with van der Waals surface area (Å²) in [5.41, 5.74) is -0.196. The van der Waals surface area contributed by atoms with Crippen molar-refractivity contribution in [2.75, 3.05) is 18.5 Å².